The molecule has 88 valence electrons. The van der Waals surface area contributed by atoms with E-state index in [2.05, 4.69) is 26.1 Å². The normalized spacial score (nSPS) is 16.1. The highest BCUT2D eigenvalue weighted by molar-refractivity contribution is 5.85. The summed E-state index contributed by atoms with van der Waals surface area (Å²) in [6.07, 6.45) is 4.98. The van der Waals surface area contributed by atoms with Gasteiger partial charge >= 0.3 is 5.97 Å². The molecule has 0 bridgehead atoms. The molecule has 3 nitrogen and oxygen atoms in total. The second kappa shape index (κ2) is 7.46. The molecule has 3 heteroatoms. The van der Waals surface area contributed by atoms with Gasteiger partial charge in [0.05, 0.1) is 0 Å². The molecule has 0 heterocycles. The van der Waals surface area contributed by atoms with Crippen molar-refractivity contribution in [2.45, 2.75) is 59.0 Å². The minimum atomic E-state index is -0.835. The maximum atomic E-state index is 10.7. The first kappa shape index (κ1) is 14.2. The van der Waals surface area contributed by atoms with Gasteiger partial charge in [0.1, 0.15) is 0 Å². The fraction of sp³-hybridized carbons (Fsp3) is 0.750. The third-order valence-corrected chi connectivity index (χ3v) is 2.45. The number of hydrogen-bond donors (Lipinski definition) is 2. The molecule has 15 heavy (non-hydrogen) atoms. The summed E-state index contributed by atoms with van der Waals surface area (Å²) in [7, 11) is 0. The molecular formula is C12H23NO2. The molecule has 2 N–H and O–H groups in total. The Morgan fingerprint density at radius 2 is 2.07 bits per heavy atom. The number of hydrogen-bond acceptors (Lipinski definition) is 2. The Morgan fingerprint density at radius 1 is 1.47 bits per heavy atom. The van der Waals surface area contributed by atoms with Crippen molar-refractivity contribution in [3.8, 4) is 0 Å². The molecule has 0 saturated carbocycles. The van der Waals surface area contributed by atoms with E-state index in [-0.39, 0.29) is 6.04 Å². The molecule has 2 unspecified atom stereocenters. The second-order valence-electron chi connectivity index (χ2n) is 4.03. The van der Waals surface area contributed by atoms with E-state index >= 15 is 0 Å². The van der Waals surface area contributed by atoms with Crippen molar-refractivity contribution in [1.29, 1.82) is 0 Å². The smallest absolute Gasteiger partial charge is 0.331 e. The molecule has 0 fully saturated rings. The lowest BCUT2D eigenvalue weighted by Crippen LogP contribution is -2.35. The Bertz CT molecular complexity index is 224. The molecule has 0 saturated heterocycles. The van der Waals surface area contributed by atoms with Gasteiger partial charge in [0.25, 0.3) is 0 Å². The highest BCUT2D eigenvalue weighted by atomic mass is 16.4. The lowest BCUT2D eigenvalue weighted by molar-refractivity contribution is -0.132. The van der Waals surface area contributed by atoms with Gasteiger partial charge < -0.3 is 10.4 Å². The zero-order valence-electron chi connectivity index (χ0n) is 10.2. The van der Waals surface area contributed by atoms with Gasteiger partial charge in [-0.2, -0.15) is 0 Å². The molecule has 0 aliphatic carbocycles. The van der Waals surface area contributed by atoms with Crippen molar-refractivity contribution in [1.82, 2.24) is 5.32 Å². The molecule has 0 aliphatic heterocycles. The molecule has 0 aromatic heterocycles. The third-order valence-electron chi connectivity index (χ3n) is 2.45. The molecular weight excluding hydrogens is 190 g/mol. The van der Waals surface area contributed by atoms with Crippen LogP contribution in [-0.2, 0) is 4.79 Å². The van der Waals surface area contributed by atoms with Gasteiger partial charge in [-0.15, -0.1) is 0 Å². The number of carbonyl (C=O) groups is 1. The standard InChI is InChI=1S/C12H23NO2/c1-5-7-10(4)13-11(6-2)8-9(3)12(14)15/h8,10-11,13H,5-7H2,1-4H3,(H,14,15). The topological polar surface area (TPSA) is 49.3 Å². The van der Waals surface area contributed by atoms with Crippen LogP contribution in [0.3, 0.4) is 0 Å². The molecule has 0 aromatic carbocycles. The van der Waals surface area contributed by atoms with Crippen LogP contribution in [0.15, 0.2) is 11.6 Å². The van der Waals surface area contributed by atoms with E-state index in [1.165, 1.54) is 0 Å². The van der Waals surface area contributed by atoms with Crippen LogP contribution in [0.4, 0.5) is 0 Å². The monoisotopic (exact) mass is 213 g/mol. The SMILES string of the molecule is CCCC(C)NC(C=C(C)C(=O)O)CC. The van der Waals surface area contributed by atoms with E-state index in [4.69, 9.17) is 5.11 Å². The Kier molecular flexibility index (Phi) is 7.05. The Balaban J connectivity index is 4.25. The average Bonchev–Trinajstić information content (AvgIpc) is 2.16. The van der Waals surface area contributed by atoms with Crippen LogP contribution < -0.4 is 5.32 Å². The number of carboxylic acid groups (broad SMARTS) is 1. The second-order valence-corrected chi connectivity index (χ2v) is 4.03. The van der Waals surface area contributed by atoms with Gasteiger partial charge in [-0.1, -0.05) is 26.3 Å². The van der Waals surface area contributed by atoms with Crippen molar-refractivity contribution in [2.75, 3.05) is 0 Å². The van der Waals surface area contributed by atoms with Crippen LogP contribution in [0.1, 0.15) is 47.0 Å². The Hall–Kier alpha value is -0.830. The van der Waals surface area contributed by atoms with E-state index in [0.29, 0.717) is 11.6 Å². The minimum Gasteiger partial charge on any atom is -0.478 e. The molecule has 0 rings (SSSR count). The van der Waals surface area contributed by atoms with E-state index in [1.54, 1.807) is 13.0 Å². The van der Waals surface area contributed by atoms with Crippen molar-refractivity contribution in [2.24, 2.45) is 0 Å². The van der Waals surface area contributed by atoms with Crippen molar-refractivity contribution in [3.05, 3.63) is 11.6 Å². The number of rotatable bonds is 7. The summed E-state index contributed by atoms with van der Waals surface area (Å²) in [6, 6.07) is 0.612. The van der Waals surface area contributed by atoms with Crippen molar-refractivity contribution in [3.63, 3.8) is 0 Å². The zero-order chi connectivity index (χ0) is 11.8. The molecule has 0 aliphatic rings. The van der Waals surface area contributed by atoms with Gasteiger partial charge in [-0.25, -0.2) is 4.79 Å². The molecule has 0 spiro atoms. The first-order valence-electron chi connectivity index (χ1n) is 5.69. The largest absolute Gasteiger partial charge is 0.478 e. The summed E-state index contributed by atoms with van der Waals surface area (Å²) >= 11 is 0. The van der Waals surface area contributed by atoms with E-state index in [9.17, 15) is 4.79 Å². The van der Waals surface area contributed by atoms with Crippen LogP contribution in [0.2, 0.25) is 0 Å². The molecule has 0 radical (unpaired) electrons. The van der Waals surface area contributed by atoms with E-state index in [1.807, 2.05) is 0 Å². The van der Waals surface area contributed by atoms with E-state index in [0.717, 1.165) is 19.3 Å². The highest BCUT2D eigenvalue weighted by Gasteiger charge is 2.09. The summed E-state index contributed by atoms with van der Waals surface area (Å²) in [5.41, 5.74) is 0.415. The van der Waals surface area contributed by atoms with Crippen LogP contribution in [0.5, 0.6) is 0 Å². The predicted octanol–water partition coefficient (Wildman–Crippen LogP) is 2.57. The van der Waals surface area contributed by atoms with Gasteiger partial charge in [-0.05, 0) is 26.7 Å². The predicted molar refractivity (Wildman–Crippen MR) is 63.0 cm³/mol. The summed E-state index contributed by atoms with van der Waals surface area (Å²) in [5.74, 6) is -0.835. The zero-order valence-corrected chi connectivity index (χ0v) is 10.2. The number of carboxylic acids is 1. The summed E-state index contributed by atoms with van der Waals surface area (Å²) in [5, 5.41) is 12.2. The number of aliphatic carboxylic acids is 1. The van der Waals surface area contributed by atoms with Crippen LogP contribution in [0, 0.1) is 0 Å². The molecule has 0 amide bonds. The van der Waals surface area contributed by atoms with Gasteiger partial charge in [0, 0.05) is 17.7 Å². The summed E-state index contributed by atoms with van der Waals surface area (Å²) in [4.78, 5) is 10.7. The van der Waals surface area contributed by atoms with Crippen molar-refractivity contribution < 1.29 is 9.90 Å². The van der Waals surface area contributed by atoms with Gasteiger partial charge in [0.15, 0.2) is 0 Å². The fourth-order valence-electron chi connectivity index (χ4n) is 1.54. The maximum absolute atomic E-state index is 10.7. The highest BCUT2D eigenvalue weighted by Crippen LogP contribution is 2.04. The molecule has 2 atom stereocenters. The minimum absolute atomic E-state index is 0.169. The van der Waals surface area contributed by atoms with Gasteiger partial charge in [0.2, 0.25) is 0 Å². The first-order chi connectivity index (χ1) is 7.01. The first-order valence-corrected chi connectivity index (χ1v) is 5.69. The third kappa shape index (κ3) is 6.28. The van der Waals surface area contributed by atoms with Crippen LogP contribution >= 0.6 is 0 Å². The lowest BCUT2D eigenvalue weighted by Gasteiger charge is -2.19. The fourth-order valence-corrected chi connectivity index (χ4v) is 1.54. The Morgan fingerprint density at radius 3 is 2.47 bits per heavy atom. The maximum Gasteiger partial charge on any atom is 0.331 e. The van der Waals surface area contributed by atoms with Gasteiger partial charge in [-0.3, -0.25) is 0 Å². The van der Waals surface area contributed by atoms with E-state index < -0.39 is 5.97 Å². The Labute approximate surface area is 92.6 Å². The summed E-state index contributed by atoms with van der Waals surface area (Å²) < 4.78 is 0. The average molecular weight is 213 g/mol. The van der Waals surface area contributed by atoms with Crippen molar-refractivity contribution >= 4 is 5.97 Å². The number of nitrogens with one attached hydrogen (secondary N) is 1. The summed E-state index contributed by atoms with van der Waals surface area (Å²) in [6.45, 7) is 7.98. The quantitative estimate of drug-likeness (QED) is 0.639. The van der Waals surface area contributed by atoms with Crippen LogP contribution in [0.25, 0.3) is 0 Å². The van der Waals surface area contributed by atoms with Crippen LogP contribution in [-0.4, -0.2) is 23.2 Å². The lowest BCUT2D eigenvalue weighted by atomic mass is 10.1. The molecule has 0 aromatic rings.